The van der Waals surface area contributed by atoms with Crippen LogP contribution in [0.4, 0.5) is 26.3 Å². The van der Waals surface area contributed by atoms with Gasteiger partial charge in [-0.2, -0.15) is 26.3 Å². The molecule has 6 rings (SSSR count). The first-order valence-corrected chi connectivity index (χ1v) is 20.6. The van der Waals surface area contributed by atoms with Crippen molar-refractivity contribution in [3.8, 4) is 0 Å². The average molecular weight is 864 g/mol. The van der Waals surface area contributed by atoms with Crippen LogP contribution in [0, 0.1) is 0 Å². The van der Waals surface area contributed by atoms with Gasteiger partial charge in [-0.15, -0.1) is 0 Å². The molecule has 59 heavy (non-hydrogen) atoms. The van der Waals surface area contributed by atoms with Crippen LogP contribution in [-0.2, 0) is 12.4 Å². The Bertz CT molecular complexity index is 2000. The zero-order chi connectivity index (χ0) is 43.1. The molecule has 0 bridgehead atoms. The lowest BCUT2D eigenvalue weighted by Crippen LogP contribution is -2.48. The maximum Gasteiger partial charge on any atom is 0.417 e. The van der Waals surface area contributed by atoms with Crippen LogP contribution in [0.25, 0.3) is 0 Å². The second kappa shape index (κ2) is 20.0. The summed E-state index contributed by atoms with van der Waals surface area (Å²) in [5.74, 6) is -1.23. The van der Waals surface area contributed by atoms with Crippen LogP contribution >= 0.6 is 23.2 Å². The maximum absolute atomic E-state index is 13.2. The number of hydrogen-bond acceptors (Lipinski definition) is 4. The summed E-state index contributed by atoms with van der Waals surface area (Å²) >= 11 is 11.9. The van der Waals surface area contributed by atoms with E-state index >= 15 is 0 Å². The predicted molar refractivity (Wildman–Crippen MR) is 221 cm³/mol. The topological polar surface area (TPSA) is 64.7 Å². The number of alkyl halides is 6. The van der Waals surface area contributed by atoms with Crippen LogP contribution in [-0.4, -0.2) is 58.9 Å². The van der Waals surface area contributed by atoms with Gasteiger partial charge in [0.05, 0.1) is 44.4 Å². The number of likely N-dealkylation sites (tertiary alicyclic amines) is 2. The molecule has 0 aromatic heterocycles. The first-order valence-electron chi connectivity index (χ1n) is 19.8. The van der Waals surface area contributed by atoms with Gasteiger partial charge in [0.1, 0.15) is 0 Å². The monoisotopic (exact) mass is 862 g/mol. The molecule has 4 aromatic rings. The van der Waals surface area contributed by atoms with E-state index < -0.39 is 45.3 Å². The molecule has 0 saturated carbocycles. The lowest BCUT2D eigenvalue weighted by atomic mass is 9.95. The van der Waals surface area contributed by atoms with E-state index in [9.17, 15) is 35.9 Å². The number of rotatable bonds is 10. The molecule has 2 fully saturated rings. The van der Waals surface area contributed by atoms with E-state index in [0.29, 0.717) is 37.3 Å². The number of benzene rings is 4. The van der Waals surface area contributed by atoms with E-state index in [1.165, 1.54) is 30.7 Å². The van der Waals surface area contributed by atoms with E-state index in [-0.39, 0.29) is 23.2 Å². The quantitative estimate of drug-likeness (QED) is 0.156. The molecular weight excluding hydrogens is 813 g/mol. The third-order valence-electron chi connectivity index (χ3n) is 11.4. The van der Waals surface area contributed by atoms with E-state index in [1.807, 2.05) is 60.7 Å². The van der Waals surface area contributed by atoms with Crippen LogP contribution in [0.15, 0.2) is 97.1 Å². The van der Waals surface area contributed by atoms with Gasteiger partial charge in [-0.25, -0.2) is 0 Å². The lowest BCUT2D eigenvalue weighted by molar-refractivity contribution is -0.138. The van der Waals surface area contributed by atoms with Crippen molar-refractivity contribution in [3.63, 3.8) is 0 Å². The molecule has 0 spiro atoms. The van der Waals surface area contributed by atoms with Crippen molar-refractivity contribution in [3.05, 3.63) is 140 Å². The van der Waals surface area contributed by atoms with E-state index in [4.69, 9.17) is 23.2 Å². The zero-order valence-corrected chi connectivity index (χ0v) is 34.9. The Hall–Kier alpha value is -4.10. The smallest absolute Gasteiger partial charge is 0.344 e. The van der Waals surface area contributed by atoms with Crippen LogP contribution < -0.4 is 10.6 Å². The average Bonchev–Trinajstić information content (AvgIpc) is 3.51. The van der Waals surface area contributed by atoms with Crippen LogP contribution in [0.2, 0.25) is 10.0 Å². The van der Waals surface area contributed by atoms with Gasteiger partial charge in [-0.3, -0.25) is 19.4 Å². The Labute approximate surface area is 352 Å². The lowest BCUT2D eigenvalue weighted by Gasteiger charge is -2.41. The summed E-state index contributed by atoms with van der Waals surface area (Å²) in [6, 6.07) is 26.5. The van der Waals surface area contributed by atoms with E-state index in [1.54, 1.807) is 0 Å². The number of piperidine rings is 1. The molecule has 2 aliphatic rings. The normalized spacial score (nSPS) is 21.2. The first kappa shape index (κ1) is 46.0. The summed E-state index contributed by atoms with van der Waals surface area (Å²) in [6.07, 6.45) is -3.75. The molecule has 2 heterocycles. The Kier molecular flexibility index (Phi) is 15.6. The fraction of sp³-hybridized carbons (Fsp3) is 0.422. The number of amides is 2. The van der Waals surface area contributed by atoms with Gasteiger partial charge >= 0.3 is 12.4 Å². The van der Waals surface area contributed by atoms with Gasteiger partial charge in [-0.05, 0) is 88.8 Å². The summed E-state index contributed by atoms with van der Waals surface area (Å²) in [4.78, 5) is 30.5. The predicted octanol–water partition coefficient (Wildman–Crippen LogP) is 11.8. The number of nitrogens with zero attached hydrogens (tertiary/aromatic N) is 2. The minimum Gasteiger partial charge on any atom is -0.344 e. The van der Waals surface area contributed by atoms with Gasteiger partial charge in [0, 0.05) is 37.3 Å². The Morgan fingerprint density at radius 1 is 0.559 bits per heavy atom. The molecule has 6 nitrogen and oxygen atoms in total. The Balaban J connectivity index is 0.000000224. The second-order valence-corrected chi connectivity index (χ2v) is 16.3. The fourth-order valence-electron chi connectivity index (χ4n) is 8.03. The molecule has 2 N–H and O–H groups in total. The number of carbonyl (C=O) groups is 2. The highest BCUT2D eigenvalue weighted by atomic mass is 35.5. The molecule has 0 aliphatic carbocycles. The van der Waals surface area contributed by atoms with Gasteiger partial charge in [0.15, 0.2) is 0 Å². The first-order chi connectivity index (χ1) is 27.9. The van der Waals surface area contributed by atoms with Crippen molar-refractivity contribution in [1.82, 2.24) is 20.4 Å². The Morgan fingerprint density at radius 2 is 0.898 bits per heavy atom. The van der Waals surface area contributed by atoms with Gasteiger partial charge in [-0.1, -0.05) is 102 Å². The molecule has 0 radical (unpaired) electrons. The highest BCUT2D eigenvalue weighted by Crippen LogP contribution is 2.38. The molecule has 0 unspecified atom stereocenters. The molecule has 6 atom stereocenters. The van der Waals surface area contributed by atoms with Gasteiger partial charge in [0.25, 0.3) is 11.8 Å². The molecule has 14 heteroatoms. The second-order valence-electron chi connectivity index (χ2n) is 15.5. The highest BCUT2D eigenvalue weighted by molar-refractivity contribution is 6.35. The number of carbonyl (C=O) groups excluding carboxylic acids is 2. The third kappa shape index (κ3) is 11.8. The molecular formula is C45H50Cl2F6N4O2. The van der Waals surface area contributed by atoms with Crippen LogP contribution in [0.3, 0.4) is 0 Å². The largest absolute Gasteiger partial charge is 0.417 e. The van der Waals surface area contributed by atoms with Crippen LogP contribution in [0.1, 0.15) is 115 Å². The summed E-state index contributed by atoms with van der Waals surface area (Å²) in [5.41, 5.74) is -0.567. The molecule has 2 amide bonds. The van der Waals surface area contributed by atoms with Crippen molar-refractivity contribution in [2.75, 3.05) is 13.1 Å². The van der Waals surface area contributed by atoms with Crippen LogP contribution in [0.5, 0.6) is 0 Å². The van der Waals surface area contributed by atoms with E-state index in [2.05, 4.69) is 48.1 Å². The number of nitrogens with one attached hydrogen (secondary N) is 2. The maximum atomic E-state index is 13.2. The number of hydrogen-bond donors (Lipinski definition) is 2. The van der Waals surface area contributed by atoms with Gasteiger partial charge < -0.3 is 10.6 Å². The highest BCUT2D eigenvalue weighted by Gasteiger charge is 2.37. The number of halogens is 8. The van der Waals surface area contributed by atoms with Crippen molar-refractivity contribution in [2.45, 2.75) is 108 Å². The summed E-state index contributed by atoms with van der Waals surface area (Å²) in [5, 5.41) is 4.68. The summed E-state index contributed by atoms with van der Waals surface area (Å²) in [7, 11) is 0. The van der Waals surface area contributed by atoms with Crippen molar-refractivity contribution in [2.24, 2.45) is 0 Å². The molecule has 318 valence electrons. The van der Waals surface area contributed by atoms with Gasteiger partial charge in [0.2, 0.25) is 0 Å². The summed E-state index contributed by atoms with van der Waals surface area (Å²) in [6.45, 7) is 9.80. The Morgan fingerprint density at radius 3 is 1.24 bits per heavy atom. The standard InChI is InChI=1S/C23H26ClF3N2O.C22H24ClF3N2O/c1-15-8-6-9-16(2)29(15)14-20(17-10-4-3-5-11-17)28-22(30)18-12-7-13-19(21(18)24)23(25,26)27;1-14-11-12-15(2)28(14)13-19(16-7-4-3-5-8-16)27-21(29)17-9-6-10-18(20(17)23)22(24,25)26/h3-5,7,10-13,15-16,20H,6,8-9,14H2,1-2H3,(H,28,30);3-10,14-15,19H,11-13H2,1-2H3,(H,27,29)/t15-,16+,20-;14-,15+,19-/m11/s1. The van der Waals surface area contributed by atoms with E-state index in [0.717, 1.165) is 48.9 Å². The van der Waals surface area contributed by atoms with Crippen molar-refractivity contribution in [1.29, 1.82) is 0 Å². The summed E-state index contributed by atoms with van der Waals surface area (Å²) < 4.78 is 79.0. The minimum absolute atomic E-state index is 0.174. The molecule has 2 aliphatic heterocycles. The third-order valence-corrected chi connectivity index (χ3v) is 12.2. The zero-order valence-electron chi connectivity index (χ0n) is 33.4. The van der Waals surface area contributed by atoms with Crippen molar-refractivity contribution >= 4 is 35.0 Å². The minimum atomic E-state index is -4.62. The fourth-order valence-corrected chi connectivity index (χ4v) is 8.67. The molecule has 2 saturated heterocycles. The van der Waals surface area contributed by atoms with Crippen molar-refractivity contribution < 1.29 is 35.9 Å². The molecule has 4 aromatic carbocycles. The SMILES string of the molecule is C[C@@H]1CCC[C@H](C)N1C[C@@H](NC(=O)c1cccc(C(F)(F)F)c1Cl)c1ccccc1.C[C@@H]1CC[C@H](C)N1C[C@@H](NC(=O)c1cccc(C(F)(F)F)c1Cl)c1ccccc1.